The van der Waals surface area contributed by atoms with E-state index in [-0.39, 0.29) is 29.2 Å². The molecule has 2 saturated carbocycles. The largest absolute Gasteiger partial charge is 0.490 e. The molecule has 4 aliphatic rings. The van der Waals surface area contributed by atoms with Gasteiger partial charge in [-0.1, -0.05) is 0 Å². The molecule has 10 heteroatoms. The van der Waals surface area contributed by atoms with Crippen LogP contribution in [0.1, 0.15) is 60.9 Å². The Morgan fingerprint density at radius 2 is 1.61 bits per heavy atom. The highest BCUT2D eigenvalue weighted by molar-refractivity contribution is 5.97. The van der Waals surface area contributed by atoms with E-state index in [2.05, 4.69) is 9.88 Å². The zero-order valence-corrected chi connectivity index (χ0v) is 24.7. The first-order chi connectivity index (χ1) is 21.3. The van der Waals surface area contributed by atoms with E-state index < -0.39 is 17.6 Å². The van der Waals surface area contributed by atoms with Crippen LogP contribution in [0.3, 0.4) is 0 Å². The van der Waals surface area contributed by atoms with Crippen molar-refractivity contribution in [2.24, 2.45) is 5.41 Å². The first kappa shape index (κ1) is 28.7. The summed E-state index contributed by atoms with van der Waals surface area (Å²) in [6, 6.07) is 11.7. The van der Waals surface area contributed by atoms with E-state index in [9.17, 15) is 18.4 Å². The molecule has 1 amide bonds. The number of amides is 1. The van der Waals surface area contributed by atoms with E-state index in [4.69, 9.17) is 14.2 Å². The topological polar surface area (TPSA) is 81.2 Å². The number of carbonyl (C=O) groups excluding carboxylic acids is 2. The normalized spacial score (nSPS) is 19.8. The Morgan fingerprint density at radius 1 is 0.977 bits per heavy atom. The highest BCUT2D eigenvalue weighted by Gasteiger charge is 2.45. The zero-order valence-electron chi connectivity index (χ0n) is 24.7. The van der Waals surface area contributed by atoms with Crippen molar-refractivity contribution in [2.45, 2.75) is 63.7 Å². The molecule has 7 rings (SSSR count). The predicted molar refractivity (Wildman–Crippen MR) is 159 cm³/mol. The van der Waals surface area contributed by atoms with E-state index in [1.165, 1.54) is 7.11 Å². The molecule has 0 N–H and O–H groups in total. The van der Waals surface area contributed by atoms with Gasteiger partial charge in [0.1, 0.15) is 23.0 Å². The number of nitrogens with zero attached hydrogens (tertiary/aromatic N) is 3. The number of esters is 1. The van der Waals surface area contributed by atoms with E-state index in [1.807, 2.05) is 17.0 Å². The molecule has 0 atom stereocenters. The van der Waals surface area contributed by atoms with Crippen molar-refractivity contribution < 1.29 is 32.6 Å². The van der Waals surface area contributed by atoms with Crippen LogP contribution < -0.4 is 14.4 Å². The first-order valence-corrected chi connectivity index (χ1v) is 15.3. The molecule has 2 saturated heterocycles. The van der Waals surface area contributed by atoms with Crippen molar-refractivity contribution in [2.75, 3.05) is 31.6 Å². The molecule has 44 heavy (non-hydrogen) atoms. The summed E-state index contributed by atoms with van der Waals surface area (Å²) in [5.74, 6) is -0.752. The van der Waals surface area contributed by atoms with Gasteiger partial charge in [-0.15, -0.1) is 0 Å². The van der Waals surface area contributed by atoms with Gasteiger partial charge in [0.2, 0.25) is 5.91 Å². The third kappa shape index (κ3) is 6.00. The number of anilines is 1. The van der Waals surface area contributed by atoms with Crippen molar-refractivity contribution in [3.63, 3.8) is 0 Å². The summed E-state index contributed by atoms with van der Waals surface area (Å²) >= 11 is 0. The fourth-order valence-corrected chi connectivity index (χ4v) is 6.29. The zero-order chi connectivity index (χ0) is 30.4. The quantitative estimate of drug-likeness (QED) is 0.281. The van der Waals surface area contributed by atoms with Gasteiger partial charge in [0.15, 0.2) is 5.82 Å². The number of hydrogen-bond acceptors (Lipinski definition) is 7. The lowest BCUT2D eigenvalue weighted by Crippen LogP contribution is -2.41. The molecule has 1 spiro atoms. The van der Waals surface area contributed by atoms with Gasteiger partial charge in [-0.05, 0) is 99.0 Å². The summed E-state index contributed by atoms with van der Waals surface area (Å²) in [4.78, 5) is 33.2. The van der Waals surface area contributed by atoms with Gasteiger partial charge in [-0.2, -0.15) is 0 Å². The maximum atomic E-state index is 15.0. The standard InChI is InChI=1S/C34H35F2N3O5/c1-42-33(41)22-2-4-24(5-3-22)39-20-34(17-30(39)40)10-12-38(13-11-34)19-21-14-28(43-25-6-7-25)31(29(15-21)44-26-8-9-26)32-27(36)16-23(35)18-37-32/h2-5,14-16,18,25-26H,6-13,17,19-20H2,1H3. The van der Waals surface area contributed by atoms with Gasteiger partial charge in [0.25, 0.3) is 0 Å². The molecule has 0 bridgehead atoms. The second-order valence-corrected chi connectivity index (χ2v) is 12.6. The Labute approximate surface area is 254 Å². The maximum absolute atomic E-state index is 15.0. The average molecular weight is 604 g/mol. The maximum Gasteiger partial charge on any atom is 0.337 e. The minimum absolute atomic E-state index is 0.0274. The number of benzene rings is 2. The van der Waals surface area contributed by atoms with Crippen LogP contribution in [0.4, 0.5) is 14.5 Å². The molecule has 8 nitrogen and oxygen atoms in total. The number of halogens is 2. The van der Waals surface area contributed by atoms with Crippen molar-refractivity contribution >= 4 is 17.6 Å². The fourth-order valence-electron chi connectivity index (χ4n) is 6.29. The summed E-state index contributed by atoms with van der Waals surface area (Å²) in [7, 11) is 1.35. The van der Waals surface area contributed by atoms with E-state index >= 15 is 0 Å². The number of likely N-dealkylation sites (tertiary alicyclic amines) is 1. The second-order valence-electron chi connectivity index (χ2n) is 12.6. The third-order valence-corrected chi connectivity index (χ3v) is 9.05. The smallest absolute Gasteiger partial charge is 0.337 e. The predicted octanol–water partition coefficient (Wildman–Crippen LogP) is 5.91. The summed E-state index contributed by atoms with van der Waals surface area (Å²) in [6.45, 7) is 2.97. The van der Waals surface area contributed by atoms with Gasteiger partial charge in [0, 0.05) is 31.3 Å². The van der Waals surface area contributed by atoms with Crippen LogP contribution in [-0.2, 0) is 16.1 Å². The monoisotopic (exact) mass is 603 g/mol. The molecule has 0 unspecified atom stereocenters. The van der Waals surface area contributed by atoms with Crippen molar-refractivity contribution in [1.82, 2.24) is 9.88 Å². The van der Waals surface area contributed by atoms with Crippen molar-refractivity contribution in [3.05, 3.63) is 71.4 Å². The molecule has 3 aromatic rings. The Morgan fingerprint density at radius 3 is 2.18 bits per heavy atom. The van der Waals surface area contributed by atoms with Gasteiger partial charge < -0.3 is 19.1 Å². The Balaban J connectivity index is 1.07. The highest BCUT2D eigenvalue weighted by Crippen LogP contribution is 2.46. The SMILES string of the molecule is COC(=O)c1ccc(N2CC3(CCN(Cc4cc(OC5CC5)c(-c5ncc(F)cc5F)c(OC5CC5)c4)CC3)CC2=O)cc1. The summed E-state index contributed by atoms with van der Waals surface area (Å²) in [5, 5.41) is 0. The molecular formula is C34H35F2N3O5. The molecule has 2 aromatic carbocycles. The number of aromatic nitrogens is 1. The molecule has 4 fully saturated rings. The van der Waals surface area contributed by atoms with Crippen LogP contribution in [0, 0.1) is 17.0 Å². The minimum atomic E-state index is -0.750. The molecule has 3 heterocycles. The molecule has 0 radical (unpaired) electrons. The van der Waals surface area contributed by atoms with E-state index in [0.717, 1.165) is 75.1 Å². The van der Waals surface area contributed by atoms with Crippen LogP contribution in [0.5, 0.6) is 11.5 Å². The molecule has 1 aromatic heterocycles. The summed E-state index contributed by atoms with van der Waals surface area (Å²) < 4.78 is 46.0. The first-order valence-electron chi connectivity index (χ1n) is 15.3. The van der Waals surface area contributed by atoms with E-state index in [0.29, 0.717) is 42.1 Å². The number of hydrogen-bond donors (Lipinski definition) is 0. The average Bonchev–Trinajstić information content (AvgIpc) is 3.95. The lowest BCUT2D eigenvalue weighted by atomic mass is 9.77. The number of piperidine rings is 1. The van der Waals surface area contributed by atoms with Gasteiger partial charge in [0.05, 0.1) is 36.6 Å². The van der Waals surface area contributed by atoms with Crippen molar-refractivity contribution in [1.29, 1.82) is 0 Å². The summed E-state index contributed by atoms with van der Waals surface area (Å²) in [6.07, 6.45) is 7.15. The summed E-state index contributed by atoms with van der Waals surface area (Å²) in [5.41, 5.74) is 2.61. The van der Waals surface area contributed by atoms with Crippen LogP contribution >= 0.6 is 0 Å². The Hall–Kier alpha value is -4.05. The number of carbonyl (C=O) groups is 2. The Bertz CT molecular complexity index is 1550. The number of ether oxygens (including phenoxy) is 3. The van der Waals surface area contributed by atoms with Crippen LogP contribution in [0.25, 0.3) is 11.3 Å². The van der Waals surface area contributed by atoms with Crippen LogP contribution in [0.15, 0.2) is 48.7 Å². The second kappa shape index (κ2) is 11.5. The van der Waals surface area contributed by atoms with Crippen LogP contribution in [0.2, 0.25) is 0 Å². The minimum Gasteiger partial charge on any atom is -0.490 e. The fraction of sp³-hybridized carbons (Fsp3) is 0.441. The van der Waals surface area contributed by atoms with Crippen LogP contribution in [-0.4, -0.2) is 60.7 Å². The molecular weight excluding hydrogens is 568 g/mol. The number of rotatable bonds is 9. The van der Waals surface area contributed by atoms with Crippen molar-refractivity contribution in [3.8, 4) is 22.8 Å². The number of methoxy groups -OCH3 is 1. The van der Waals surface area contributed by atoms with Gasteiger partial charge >= 0.3 is 5.97 Å². The number of pyridine rings is 1. The highest BCUT2D eigenvalue weighted by atomic mass is 19.1. The molecule has 2 aliphatic carbocycles. The lowest BCUT2D eigenvalue weighted by molar-refractivity contribution is -0.118. The molecule has 230 valence electrons. The van der Waals surface area contributed by atoms with Gasteiger partial charge in [-0.25, -0.2) is 18.6 Å². The van der Waals surface area contributed by atoms with Gasteiger partial charge in [-0.3, -0.25) is 9.69 Å². The lowest BCUT2D eigenvalue weighted by Gasteiger charge is -2.39. The Kier molecular flexibility index (Phi) is 7.48. The third-order valence-electron chi connectivity index (χ3n) is 9.05. The van der Waals surface area contributed by atoms with E-state index in [1.54, 1.807) is 24.3 Å². The molecule has 2 aliphatic heterocycles.